The Labute approximate surface area is 125 Å². The van der Waals surface area contributed by atoms with Crippen LogP contribution in [0.5, 0.6) is 0 Å². The van der Waals surface area contributed by atoms with Crippen LogP contribution in [0.25, 0.3) is 0 Å². The second kappa shape index (κ2) is 5.12. The Hall–Kier alpha value is -1.93. The van der Waals surface area contributed by atoms with E-state index in [1.165, 1.54) is 16.7 Å². The van der Waals surface area contributed by atoms with Crippen molar-refractivity contribution >= 4 is 5.78 Å². The van der Waals surface area contributed by atoms with Crippen molar-refractivity contribution < 1.29 is 4.79 Å². The van der Waals surface area contributed by atoms with Gasteiger partial charge >= 0.3 is 0 Å². The lowest BCUT2D eigenvalue weighted by Gasteiger charge is -2.29. The zero-order valence-electron chi connectivity index (χ0n) is 12.0. The number of ketones is 1. The molecule has 0 radical (unpaired) electrons. The van der Waals surface area contributed by atoms with E-state index in [4.69, 9.17) is 0 Å². The lowest BCUT2D eigenvalue weighted by atomic mass is 9.86. The number of rotatable bonds is 2. The predicted molar refractivity (Wildman–Crippen MR) is 83.4 cm³/mol. The monoisotopic (exact) mass is 277 g/mol. The molecule has 4 rings (SSSR count). The molecule has 2 unspecified atom stereocenters. The highest BCUT2D eigenvalue weighted by Gasteiger charge is 2.29. The summed E-state index contributed by atoms with van der Waals surface area (Å²) < 4.78 is 0. The summed E-state index contributed by atoms with van der Waals surface area (Å²) in [6, 6.07) is 17.5. The predicted octanol–water partition coefficient (Wildman–Crippen LogP) is 3.98. The van der Waals surface area contributed by atoms with Crippen LogP contribution in [0.15, 0.2) is 48.5 Å². The highest BCUT2D eigenvalue weighted by Crippen LogP contribution is 2.36. The summed E-state index contributed by atoms with van der Waals surface area (Å²) >= 11 is 0. The van der Waals surface area contributed by atoms with Gasteiger partial charge in [0, 0.05) is 24.1 Å². The van der Waals surface area contributed by atoms with Gasteiger partial charge in [0.1, 0.15) is 0 Å². The SMILES string of the molecule is O=C1CCC(NC2CCc3ccccc32)c2ccccc21. The van der Waals surface area contributed by atoms with Crippen molar-refractivity contribution in [3.63, 3.8) is 0 Å². The van der Waals surface area contributed by atoms with E-state index in [0.29, 0.717) is 18.5 Å². The van der Waals surface area contributed by atoms with Gasteiger partial charge in [-0.1, -0.05) is 48.5 Å². The minimum atomic E-state index is 0.287. The largest absolute Gasteiger partial charge is 0.303 e. The van der Waals surface area contributed by atoms with Gasteiger partial charge in [0.2, 0.25) is 0 Å². The Kier molecular flexibility index (Phi) is 3.12. The molecule has 2 aliphatic rings. The van der Waals surface area contributed by atoms with Crippen LogP contribution in [0.1, 0.15) is 58.4 Å². The number of hydrogen-bond donors (Lipinski definition) is 1. The minimum Gasteiger partial charge on any atom is -0.303 e. The first-order chi connectivity index (χ1) is 10.3. The van der Waals surface area contributed by atoms with Gasteiger partial charge in [-0.05, 0) is 36.0 Å². The molecule has 0 saturated carbocycles. The van der Waals surface area contributed by atoms with Gasteiger partial charge in [-0.15, -0.1) is 0 Å². The van der Waals surface area contributed by atoms with Crippen LogP contribution < -0.4 is 5.32 Å². The second-order valence-corrected chi connectivity index (χ2v) is 6.06. The van der Waals surface area contributed by atoms with E-state index in [2.05, 4.69) is 35.6 Å². The Morgan fingerprint density at radius 3 is 2.38 bits per heavy atom. The molecule has 0 aromatic heterocycles. The molecule has 0 amide bonds. The molecule has 0 spiro atoms. The Bertz CT molecular complexity index is 691. The Morgan fingerprint density at radius 2 is 1.48 bits per heavy atom. The summed E-state index contributed by atoms with van der Waals surface area (Å²) in [4.78, 5) is 12.0. The van der Waals surface area contributed by atoms with Gasteiger partial charge in [0.15, 0.2) is 5.78 Å². The van der Waals surface area contributed by atoms with E-state index in [0.717, 1.165) is 24.8 Å². The average molecular weight is 277 g/mol. The number of hydrogen-bond acceptors (Lipinski definition) is 2. The Balaban J connectivity index is 1.62. The summed E-state index contributed by atoms with van der Waals surface area (Å²) in [5, 5.41) is 3.80. The summed E-state index contributed by atoms with van der Waals surface area (Å²) in [5.74, 6) is 0.287. The number of nitrogens with one attached hydrogen (secondary N) is 1. The van der Waals surface area contributed by atoms with Crippen LogP contribution in [0.2, 0.25) is 0 Å². The number of Topliss-reactive ketones (excluding diaryl/α,β-unsaturated/α-hetero) is 1. The maximum Gasteiger partial charge on any atom is 0.163 e. The van der Waals surface area contributed by atoms with E-state index >= 15 is 0 Å². The van der Waals surface area contributed by atoms with Gasteiger partial charge < -0.3 is 5.32 Å². The lowest BCUT2D eigenvalue weighted by Crippen LogP contribution is -2.29. The molecule has 21 heavy (non-hydrogen) atoms. The smallest absolute Gasteiger partial charge is 0.163 e. The quantitative estimate of drug-likeness (QED) is 0.899. The van der Waals surface area contributed by atoms with E-state index in [-0.39, 0.29) is 5.78 Å². The first-order valence-corrected chi connectivity index (χ1v) is 7.79. The minimum absolute atomic E-state index is 0.287. The molecule has 2 nitrogen and oxygen atoms in total. The van der Waals surface area contributed by atoms with Crippen LogP contribution >= 0.6 is 0 Å². The molecule has 0 fully saturated rings. The average Bonchev–Trinajstić information content (AvgIpc) is 2.94. The van der Waals surface area contributed by atoms with E-state index in [1.54, 1.807) is 0 Å². The zero-order valence-corrected chi connectivity index (χ0v) is 12.0. The standard InChI is InChI=1S/C19H19NO/c21-19-12-11-18(15-7-3-4-8-16(15)19)20-17-10-9-13-5-1-2-6-14(13)17/h1-8,17-18,20H,9-12H2. The summed E-state index contributed by atoms with van der Waals surface area (Å²) in [7, 11) is 0. The molecule has 1 N–H and O–H groups in total. The van der Waals surface area contributed by atoms with Crippen LogP contribution in [0.3, 0.4) is 0 Å². The first-order valence-electron chi connectivity index (χ1n) is 7.79. The van der Waals surface area contributed by atoms with Crippen LogP contribution in [0, 0.1) is 0 Å². The molecule has 0 aliphatic heterocycles. The van der Waals surface area contributed by atoms with Crippen molar-refractivity contribution in [3.05, 3.63) is 70.8 Å². The summed E-state index contributed by atoms with van der Waals surface area (Å²) in [6.45, 7) is 0. The van der Waals surface area contributed by atoms with Crippen LogP contribution in [0.4, 0.5) is 0 Å². The lowest BCUT2D eigenvalue weighted by molar-refractivity contribution is 0.0962. The molecular formula is C19H19NO. The molecule has 2 aliphatic carbocycles. The van der Waals surface area contributed by atoms with Gasteiger partial charge in [-0.2, -0.15) is 0 Å². The second-order valence-electron chi connectivity index (χ2n) is 6.06. The van der Waals surface area contributed by atoms with Crippen molar-refractivity contribution in [3.8, 4) is 0 Å². The normalized spacial score (nSPS) is 23.7. The number of aryl methyl sites for hydroxylation is 1. The summed E-state index contributed by atoms with van der Waals surface area (Å²) in [5.41, 5.74) is 4.99. The third kappa shape index (κ3) is 2.20. The fraction of sp³-hybridized carbons (Fsp3) is 0.316. The maximum absolute atomic E-state index is 12.0. The first kappa shape index (κ1) is 12.8. The van der Waals surface area contributed by atoms with Crippen molar-refractivity contribution in [1.82, 2.24) is 5.32 Å². The van der Waals surface area contributed by atoms with Gasteiger partial charge in [-0.3, -0.25) is 4.79 Å². The number of carbonyl (C=O) groups is 1. The van der Waals surface area contributed by atoms with E-state index in [9.17, 15) is 4.79 Å². The molecule has 2 atom stereocenters. The van der Waals surface area contributed by atoms with Crippen LogP contribution in [-0.4, -0.2) is 5.78 Å². The molecule has 0 heterocycles. The molecule has 2 aromatic rings. The maximum atomic E-state index is 12.0. The molecule has 0 saturated heterocycles. The number of benzene rings is 2. The zero-order chi connectivity index (χ0) is 14.2. The molecular weight excluding hydrogens is 258 g/mol. The van der Waals surface area contributed by atoms with Crippen molar-refractivity contribution in [2.24, 2.45) is 0 Å². The third-order valence-electron chi connectivity index (χ3n) is 4.83. The van der Waals surface area contributed by atoms with Gasteiger partial charge in [0.05, 0.1) is 0 Å². The molecule has 0 bridgehead atoms. The fourth-order valence-electron chi connectivity index (χ4n) is 3.77. The van der Waals surface area contributed by atoms with E-state index in [1.807, 2.05) is 18.2 Å². The van der Waals surface area contributed by atoms with Gasteiger partial charge in [-0.25, -0.2) is 0 Å². The van der Waals surface area contributed by atoms with Crippen molar-refractivity contribution in [1.29, 1.82) is 0 Å². The molecule has 2 heteroatoms. The number of carbonyl (C=O) groups excluding carboxylic acids is 1. The number of fused-ring (bicyclic) bond motifs is 2. The van der Waals surface area contributed by atoms with Gasteiger partial charge in [0.25, 0.3) is 0 Å². The van der Waals surface area contributed by atoms with Crippen LogP contribution in [-0.2, 0) is 6.42 Å². The third-order valence-corrected chi connectivity index (χ3v) is 4.83. The Morgan fingerprint density at radius 1 is 0.810 bits per heavy atom. The van der Waals surface area contributed by atoms with Crippen molar-refractivity contribution in [2.75, 3.05) is 0 Å². The molecule has 106 valence electrons. The topological polar surface area (TPSA) is 29.1 Å². The van der Waals surface area contributed by atoms with Crippen molar-refractivity contribution in [2.45, 2.75) is 37.8 Å². The highest BCUT2D eigenvalue weighted by molar-refractivity contribution is 5.98. The highest BCUT2D eigenvalue weighted by atomic mass is 16.1. The summed E-state index contributed by atoms with van der Waals surface area (Å²) in [6.07, 6.45) is 3.88. The molecule has 2 aromatic carbocycles. The fourth-order valence-corrected chi connectivity index (χ4v) is 3.77. The van der Waals surface area contributed by atoms with E-state index < -0.39 is 0 Å².